The van der Waals surface area contributed by atoms with Crippen molar-refractivity contribution in [3.63, 3.8) is 0 Å². The maximum Gasteiger partial charge on any atom is 0.270 e. The highest BCUT2D eigenvalue weighted by atomic mass is 16.7. The second-order valence-electron chi connectivity index (χ2n) is 7.89. The first-order chi connectivity index (χ1) is 15.1. The van der Waals surface area contributed by atoms with Crippen molar-refractivity contribution in [2.75, 3.05) is 19.9 Å². The predicted molar refractivity (Wildman–Crippen MR) is 114 cm³/mol. The van der Waals surface area contributed by atoms with E-state index in [-0.39, 0.29) is 25.0 Å². The van der Waals surface area contributed by atoms with Crippen LogP contribution in [0.4, 0.5) is 5.69 Å². The summed E-state index contributed by atoms with van der Waals surface area (Å²) in [6.45, 7) is 4.27. The Kier molecular flexibility index (Phi) is 6.59. The van der Waals surface area contributed by atoms with Gasteiger partial charge in [0.25, 0.3) is 5.69 Å². The lowest BCUT2D eigenvalue weighted by atomic mass is 10.1. The van der Waals surface area contributed by atoms with Crippen molar-refractivity contribution in [1.29, 1.82) is 0 Å². The van der Waals surface area contributed by atoms with Gasteiger partial charge in [-0.15, -0.1) is 0 Å². The molecule has 1 saturated heterocycles. The summed E-state index contributed by atoms with van der Waals surface area (Å²) in [5.41, 5.74) is 3.35. The van der Waals surface area contributed by atoms with E-state index in [2.05, 4.69) is 17.4 Å². The number of ether oxygens (including phenoxy) is 2. The van der Waals surface area contributed by atoms with E-state index in [0.717, 1.165) is 12.1 Å². The molecule has 2 aliphatic rings. The van der Waals surface area contributed by atoms with Crippen LogP contribution in [0.2, 0.25) is 0 Å². The van der Waals surface area contributed by atoms with E-state index < -0.39 is 4.92 Å². The van der Waals surface area contributed by atoms with E-state index in [1.54, 1.807) is 4.90 Å². The van der Waals surface area contributed by atoms with Crippen molar-refractivity contribution >= 4 is 17.7 Å². The van der Waals surface area contributed by atoms with Gasteiger partial charge in [0.05, 0.1) is 24.6 Å². The van der Waals surface area contributed by atoms with Crippen molar-refractivity contribution in [2.24, 2.45) is 0 Å². The Labute approximate surface area is 180 Å². The number of hydrogen-bond acceptors (Lipinski definition) is 5. The van der Waals surface area contributed by atoms with Crippen LogP contribution in [0.25, 0.3) is 6.08 Å². The number of nitrogens with zero attached hydrogens (tertiary/aromatic N) is 1. The van der Waals surface area contributed by atoms with Crippen molar-refractivity contribution < 1.29 is 24.1 Å². The lowest BCUT2D eigenvalue weighted by Gasteiger charge is -2.19. The van der Waals surface area contributed by atoms with Crippen LogP contribution < -0.4 is 15.0 Å². The smallest absolute Gasteiger partial charge is 0.270 e. The van der Waals surface area contributed by atoms with Gasteiger partial charge in [-0.05, 0) is 11.6 Å². The summed E-state index contributed by atoms with van der Waals surface area (Å²) in [7, 11) is 0. The molecule has 2 aliphatic heterocycles. The van der Waals surface area contributed by atoms with Gasteiger partial charge in [0, 0.05) is 54.3 Å². The predicted octanol–water partition coefficient (Wildman–Crippen LogP) is 1.97. The van der Waals surface area contributed by atoms with E-state index in [0.29, 0.717) is 23.4 Å². The molecule has 8 heteroatoms. The fourth-order valence-electron chi connectivity index (χ4n) is 3.99. The minimum atomic E-state index is -0.471. The van der Waals surface area contributed by atoms with Crippen molar-refractivity contribution in [2.45, 2.75) is 32.5 Å². The van der Waals surface area contributed by atoms with Gasteiger partial charge in [0.15, 0.2) is 6.79 Å². The number of non-ortho nitro benzene ring substituents is 1. The summed E-state index contributed by atoms with van der Waals surface area (Å²) in [5, 5.41) is 14.0. The van der Waals surface area contributed by atoms with E-state index in [4.69, 9.17) is 9.47 Å². The van der Waals surface area contributed by atoms with Crippen LogP contribution >= 0.6 is 0 Å². The number of rotatable bonds is 7. The topological polar surface area (TPSA) is 95.1 Å². The molecule has 0 radical (unpaired) electrons. The number of quaternary nitrogens is 1. The molecule has 0 bridgehead atoms. The van der Waals surface area contributed by atoms with Gasteiger partial charge in [0.1, 0.15) is 12.3 Å². The molecular formula is C23H26N3O5+. The number of fused-ring (bicyclic) bond motifs is 1. The molecule has 0 aliphatic carbocycles. The van der Waals surface area contributed by atoms with Gasteiger partial charge in [0.2, 0.25) is 5.91 Å². The zero-order valence-electron chi connectivity index (χ0n) is 17.3. The van der Waals surface area contributed by atoms with Crippen molar-refractivity contribution in [3.05, 3.63) is 74.8 Å². The zero-order valence-corrected chi connectivity index (χ0v) is 17.3. The second kappa shape index (κ2) is 9.72. The largest absolute Gasteiger partial charge is 0.467 e. The summed E-state index contributed by atoms with van der Waals surface area (Å²) in [5.74, 6) is 0.231. The number of likely N-dealkylation sites (tertiary alicyclic amines) is 1. The number of hydrogen-bond donors (Lipinski definition) is 2. The Morgan fingerprint density at radius 3 is 2.65 bits per heavy atom. The van der Waals surface area contributed by atoms with Gasteiger partial charge in [-0.2, -0.15) is 0 Å². The Bertz CT molecular complexity index is 981. The molecule has 1 fully saturated rings. The highest BCUT2D eigenvalue weighted by Crippen LogP contribution is 2.33. The monoisotopic (exact) mass is 424 g/mol. The summed E-state index contributed by atoms with van der Waals surface area (Å²) in [6, 6.07) is 11.2. The van der Waals surface area contributed by atoms with Gasteiger partial charge < -0.3 is 19.7 Å². The number of nitro benzene ring substituents is 1. The van der Waals surface area contributed by atoms with Gasteiger partial charge in [-0.25, -0.2) is 0 Å². The van der Waals surface area contributed by atoms with E-state index in [1.165, 1.54) is 55.8 Å². The molecule has 162 valence electrons. The van der Waals surface area contributed by atoms with Crippen molar-refractivity contribution in [1.82, 2.24) is 5.32 Å². The number of benzene rings is 2. The molecule has 0 unspecified atom stereocenters. The number of carbonyl (C=O) groups excluding carboxylic acids is 1. The molecule has 0 saturated carbocycles. The fourth-order valence-corrected chi connectivity index (χ4v) is 3.99. The second-order valence-corrected chi connectivity index (χ2v) is 7.89. The lowest BCUT2D eigenvalue weighted by Crippen LogP contribution is -3.08. The molecule has 2 aromatic carbocycles. The van der Waals surface area contributed by atoms with Crippen LogP contribution in [0.1, 0.15) is 35.1 Å². The molecule has 0 spiro atoms. The molecule has 2 aromatic rings. The van der Waals surface area contributed by atoms with Crippen molar-refractivity contribution in [3.8, 4) is 5.75 Å². The SMILES string of the molecule is O=C(/C=C/c1cc([N+](=O)[O-])cc2c1OCOC2)NCc1ccc(C[NH+]2CCCC2)cc1. The molecule has 0 atom stereocenters. The first-order valence-corrected chi connectivity index (χ1v) is 10.5. The molecule has 4 rings (SSSR count). The van der Waals surface area contributed by atoms with Crippen LogP contribution in [0.3, 0.4) is 0 Å². The molecule has 8 nitrogen and oxygen atoms in total. The third-order valence-corrected chi connectivity index (χ3v) is 5.60. The molecular weight excluding hydrogens is 398 g/mol. The van der Waals surface area contributed by atoms with Crippen LogP contribution in [-0.4, -0.2) is 30.7 Å². The molecule has 2 heterocycles. The molecule has 0 aromatic heterocycles. The number of nitrogens with one attached hydrogen (secondary N) is 2. The van der Waals surface area contributed by atoms with Gasteiger partial charge in [-0.1, -0.05) is 24.3 Å². The average Bonchev–Trinajstić information content (AvgIpc) is 3.29. The van der Waals surface area contributed by atoms with E-state index in [9.17, 15) is 14.9 Å². The third kappa shape index (κ3) is 5.48. The molecule has 31 heavy (non-hydrogen) atoms. The Morgan fingerprint density at radius 2 is 1.90 bits per heavy atom. The minimum absolute atomic E-state index is 0.0660. The molecule has 2 N–H and O–H groups in total. The highest BCUT2D eigenvalue weighted by molar-refractivity contribution is 5.92. The van der Waals surface area contributed by atoms with Crippen LogP contribution in [0.15, 0.2) is 42.5 Å². The third-order valence-electron chi connectivity index (χ3n) is 5.60. The zero-order chi connectivity index (χ0) is 21.6. The van der Waals surface area contributed by atoms with E-state index in [1.807, 2.05) is 12.1 Å². The average molecular weight is 424 g/mol. The first-order valence-electron chi connectivity index (χ1n) is 10.5. The quantitative estimate of drug-likeness (QED) is 0.403. The highest BCUT2D eigenvalue weighted by Gasteiger charge is 2.20. The van der Waals surface area contributed by atoms with Gasteiger partial charge in [-0.3, -0.25) is 14.9 Å². The lowest BCUT2D eigenvalue weighted by molar-refractivity contribution is -0.901. The van der Waals surface area contributed by atoms with Gasteiger partial charge >= 0.3 is 0 Å². The van der Waals surface area contributed by atoms with Crippen LogP contribution in [-0.2, 0) is 29.2 Å². The fraction of sp³-hybridized carbons (Fsp3) is 0.348. The summed E-state index contributed by atoms with van der Waals surface area (Å²) in [4.78, 5) is 24.6. The maximum atomic E-state index is 12.3. The van der Waals surface area contributed by atoms with Crippen LogP contribution in [0, 0.1) is 10.1 Å². The molecule has 1 amide bonds. The van der Waals surface area contributed by atoms with E-state index >= 15 is 0 Å². The summed E-state index contributed by atoms with van der Waals surface area (Å²) >= 11 is 0. The maximum absolute atomic E-state index is 12.3. The summed E-state index contributed by atoms with van der Waals surface area (Å²) in [6.07, 6.45) is 5.52. The number of carbonyl (C=O) groups is 1. The first kappa shape index (κ1) is 21.0. The van der Waals surface area contributed by atoms with Crippen LogP contribution in [0.5, 0.6) is 5.75 Å². The standard InChI is InChI=1S/C23H25N3O5/c27-22(24-13-17-3-5-18(6-4-17)14-25-9-1-2-10-25)8-7-19-11-21(26(28)29)12-20-15-30-16-31-23(19)20/h3-8,11-12H,1-2,9-10,13-16H2,(H,24,27)/p+1/b8-7+. The Hall–Kier alpha value is -3.23. The minimum Gasteiger partial charge on any atom is -0.467 e. The summed E-state index contributed by atoms with van der Waals surface area (Å²) < 4.78 is 10.7. The Morgan fingerprint density at radius 1 is 1.16 bits per heavy atom. The Balaban J connectivity index is 1.35. The number of amides is 1. The number of nitro groups is 1. The normalized spacial score (nSPS) is 16.1.